The zero-order valence-corrected chi connectivity index (χ0v) is 21.2. The van der Waals surface area contributed by atoms with Gasteiger partial charge in [-0.25, -0.2) is 4.98 Å². The van der Waals surface area contributed by atoms with Crippen LogP contribution in [0.5, 0.6) is 17.2 Å². The van der Waals surface area contributed by atoms with Gasteiger partial charge < -0.3 is 24.3 Å². The summed E-state index contributed by atoms with van der Waals surface area (Å²) in [6, 6.07) is 16.3. The Hall–Kier alpha value is -4.62. The van der Waals surface area contributed by atoms with E-state index in [-0.39, 0.29) is 12.5 Å². The molecule has 0 saturated carbocycles. The summed E-state index contributed by atoms with van der Waals surface area (Å²) >= 11 is 0. The smallest absolute Gasteiger partial charge is 0.262 e. The second kappa shape index (κ2) is 13.5. The highest BCUT2D eigenvalue weighted by molar-refractivity contribution is 5.93. The van der Waals surface area contributed by atoms with Crippen LogP contribution in [0, 0.1) is 18.3 Å². The number of carbonyl (C=O) groups is 1. The molecule has 2 aromatic carbocycles. The first-order valence-corrected chi connectivity index (χ1v) is 11.5. The van der Waals surface area contributed by atoms with E-state index in [1.807, 2.05) is 19.9 Å². The number of benzene rings is 2. The number of hydrogen-bond acceptors (Lipinski definition) is 9. The zero-order valence-electron chi connectivity index (χ0n) is 21.2. The van der Waals surface area contributed by atoms with Gasteiger partial charge in [0.15, 0.2) is 23.9 Å². The van der Waals surface area contributed by atoms with E-state index in [0.717, 1.165) is 11.3 Å². The first-order valence-electron chi connectivity index (χ1n) is 11.5. The van der Waals surface area contributed by atoms with Crippen LogP contribution < -0.4 is 25.0 Å². The molecule has 2 N–H and O–H groups in total. The molecule has 1 aromatic heterocycles. The highest BCUT2D eigenvalue weighted by Crippen LogP contribution is 2.29. The third-order valence-corrected chi connectivity index (χ3v) is 5.03. The van der Waals surface area contributed by atoms with E-state index in [4.69, 9.17) is 18.9 Å². The molecule has 37 heavy (non-hydrogen) atoms. The predicted octanol–water partition coefficient (Wildman–Crippen LogP) is 4.28. The molecule has 0 radical (unpaired) electrons. The summed E-state index contributed by atoms with van der Waals surface area (Å²) in [5.41, 5.74) is 5.94. The number of methoxy groups -OCH3 is 2. The van der Waals surface area contributed by atoms with Crippen LogP contribution in [0.25, 0.3) is 0 Å². The van der Waals surface area contributed by atoms with Crippen molar-refractivity contribution < 1.29 is 23.7 Å². The average molecular weight is 504 g/mol. The maximum atomic E-state index is 12.4. The minimum absolute atomic E-state index is 0.215. The molecule has 192 valence electrons. The Morgan fingerprint density at radius 2 is 1.92 bits per heavy atom. The Morgan fingerprint density at radius 3 is 2.65 bits per heavy atom. The SMILES string of the molecule is CCOc1cc(/C=N/Nc2nc(C)cc(COC)c2C#N)ccc1OCC(=O)Nc1ccccc1OC. The van der Waals surface area contributed by atoms with E-state index in [1.165, 1.54) is 7.11 Å². The van der Waals surface area contributed by atoms with Crippen molar-refractivity contribution >= 4 is 23.6 Å². The number of nitrogens with one attached hydrogen (secondary N) is 2. The molecular formula is C27H29N5O5. The van der Waals surface area contributed by atoms with Crippen LogP contribution in [-0.2, 0) is 16.1 Å². The summed E-state index contributed by atoms with van der Waals surface area (Å²) < 4.78 is 21.8. The second-order valence-corrected chi connectivity index (χ2v) is 7.74. The van der Waals surface area contributed by atoms with Crippen LogP contribution in [0.1, 0.15) is 29.3 Å². The van der Waals surface area contributed by atoms with Crippen LogP contribution in [0.4, 0.5) is 11.5 Å². The maximum Gasteiger partial charge on any atom is 0.262 e. The molecule has 0 fully saturated rings. The number of ether oxygens (including phenoxy) is 4. The number of carbonyl (C=O) groups excluding carboxylic acids is 1. The number of anilines is 2. The molecule has 0 aliphatic heterocycles. The lowest BCUT2D eigenvalue weighted by atomic mass is 10.1. The number of aryl methyl sites for hydroxylation is 1. The number of para-hydroxylation sites is 2. The fourth-order valence-electron chi connectivity index (χ4n) is 3.45. The van der Waals surface area contributed by atoms with E-state index < -0.39 is 0 Å². The number of nitrogens with zero attached hydrogens (tertiary/aromatic N) is 3. The molecule has 3 aromatic rings. The minimum Gasteiger partial charge on any atom is -0.495 e. The summed E-state index contributed by atoms with van der Waals surface area (Å²) in [5, 5.41) is 16.6. The van der Waals surface area contributed by atoms with Crippen molar-refractivity contribution in [1.29, 1.82) is 5.26 Å². The summed E-state index contributed by atoms with van der Waals surface area (Å²) in [5.74, 6) is 1.44. The number of pyridine rings is 1. The van der Waals surface area contributed by atoms with Crippen LogP contribution in [-0.4, -0.2) is 44.5 Å². The zero-order chi connectivity index (χ0) is 26.6. The standard InChI is InChI=1S/C27H29N5O5/c1-5-36-25-13-19(15-29-32-27-21(14-28)20(16-34-3)12-18(2)30-27)10-11-24(25)37-17-26(33)31-22-8-6-7-9-23(22)35-4/h6-13,15H,5,16-17H2,1-4H3,(H,30,32)(H,31,33)/b29-15+. The Kier molecular flexibility index (Phi) is 9.82. The van der Waals surface area contributed by atoms with E-state index in [9.17, 15) is 10.1 Å². The van der Waals surface area contributed by atoms with Crippen molar-refractivity contribution in [3.8, 4) is 23.3 Å². The first-order chi connectivity index (χ1) is 18.0. The van der Waals surface area contributed by atoms with Gasteiger partial charge in [0.25, 0.3) is 5.91 Å². The van der Waals surface area contributed by atoms with Crippen molar-refractivity contribution in [2.24, 2.45) is 5.10 Å². The lowest BCUT2D eigenvalue weighted by Crippen LogP contribution is -2.20. The van der Waals surface area contributed by atoms with Gasteiger partial charge in [-0.1, -0.05) is 12.1 Å². The summed E-state index contributed by atoms with van der Waals surface area (Å²) in [4.78, 5) is 16.8. The van der Waals surface area contributed by atoms with E-state index in [0.29, 0.717) is 53.1 Å². The summed E-state index contributed by atoms with van der Waals surface area (Å²) in [6.45, 7) is 4.17. The van der Waals surface area contributed by atoms with Gasteiger partial charge in [-0.05, 0) is 55.8 Å². The van der Waals surface area contributed by atoms with Crippen LogP contribution in [0.15, 0.2) is 53.6 Å². The number of rotatable bonds is 12. The quantitative estimate of drug-likeness (QED) is 0.277. The molecule has 0 atom stereocenters. The topological polar surface area (TPSA) is 127 Å². The first kappa shape index (κ1) is 27.0. The van der Waals surface area contributed by atoms with Crippen molar-refractivity contribution in [1.82, 2.24) is 4.98 Å². The molecule has 0 saturated heterocycles. The van der Waals surface area contributed by atoms with Gasteiger partial charge in [-0.3, -0.25) is 10.2 Å². The Bertz CT molecular complexity index is 1300. The minimum atomic E-state index is -0.339. The summed E-state index contributed by atoms with van der Waals surface area (Å²) in [6.07, 6.45) is 1.57. The molecule has 1 heterocycles. The lowest BCUT2D eigenvalue weighted by Gasteiger charge is -2.13. The van der Waals surface area contributed by atoms with Gasteiger partial charge in [0.1, 0.15) is 17.4 Å². The molecule has 0 spiro atoms. The molecule has 0 aliphatic rings. The van der Waals surface area contributed by atoms with Crippen molar-refractivity contribution in [3.05, 3.63) is 70.9 Å². The summed E-state index contributed by atoms with van der Waals surface area (Å²) in [7, 11) is 3.10. The molecule has 0 aliphatic carbocycles. The number of hydrazone groups is 1. The van der Waals surface area contributed by atoms with Crippen LogP contribution in [0.3, 0.4) is 0 Å². The van der Waals surface area contributed by atoms with Crippen molar-refractivity contribution in [2.75, 3.05) is 38.2 Å². The third-order valence-electron chi connectivity index (χ3n) is 5.03. The highest BCUT2D eigenvalue weighted by Gasteiger charge is 2.12. The van der Waals surface area contributed by atoms with E-state index >= 15 is 0 Å². The normalized spacial score (nSPS) is 10.6. The number of amides is 1. The number of nitriles is 1. The molecule has 1 amide bonds. The Morgan fingerprint density at radius 1 is 1.11 bits per heavy atom. The molecule has 3 rings (SSSR count). The largest absolute Gasteiger partial charge is 0.495 e. The number of hydrogen-bond donors (Lipinski definition) is 2. The van der Waals surface area contributed by atoms with Gasteiger partial charge >= 0.3 is 0 Å². The van der Waals surface area contributed by atoms with Crippen LogP contribution in [0.2, 0.25) is 0 Å². The fraction of sp³-hybridized carbons (Fsp3) is 0.259. The van der Waals surface area contributed by atoms with Crippen LogP contribution >= 0.6 is 0 Å². The van der Waals surface area contributed by atoms with E-state index in [2.05, 4.69) is 26.9 Å². The molecular weight excluding hydrogens is 474 g/mol. The maximum absolute atomic E-state index is 12.4. The lowest BCUT2D eigenvalue weighted by molar-refractivity contribution is -0.118. The molecule has 0 unspecified atom stereocenters. The van der Waals surface area contributed by atoms with Crippen molar-refractivity contribution in [3.63, 3.8) is 0 Å². The fourth-order valence-corrected chi connectivity index (χ4v) is 3.45. The molecule has 0 bridgehead atoms. The average Bonchev–Trinajstić information content (AvgIpc) is 2.89. The van der Waals surface area contributed by atoms with Crippen molar-refractivity contribution in [2.45, 2.75) is 20.5 Å². The van der Waals surface area contributed by atoms with E-state index in [1.54, 1.807) is 55.8 Å². The van der Waals surface area contributed by atoms with Gasteiger partial charge in [-0.15, -0.1) is 0 Å². The predicted molar refractivity (Wildman–Crippen MR) is 140 cm³/mol. The van der Waals surface area contributed by atoms with Gasteiger partial charge in [0.05, 0.1) is 32.2 Å². The van der Waals surface area contributed by atoms with Gasteiger partial charge in [-0.2, -0.15) is 10.4 Å². The monoisotopic (exact) mass is 503 g/mol. The Balaban J connectivity index is 1.69. The second-order valence-electron chi connectivity index (χ2n) is 7.74. The van der Waals surface area contributed by atoms with Gasteiger partial charge in [0, 0.05) is 18.4 Å². The molecule has 10 nitrogen and oxygen atoms in total. The number of aromatic nitrogens is 1. The highest BCUT2D eigenvalue weighted by atomic mass is 16.5. The van der Waals surface area contributed by atoms with Gasteiger partial charge in [0.2, 0.25) is 0 Å². The Labute approximate surface area is 215 Å². The third kappa shape index (κ3) is 7.43. The molecule has 10 heteroatoms.